The fraction of sp³-hybridized carbons (Fsp3) is 0.854. The first-order valence-electron chi connectivity index (χ1n) is 39.6. The topological polar surface area (TPSA) is 95.9 Å². The smallest absolute Gasteiger partial charge is 0.305 e. The van der Waals surface area contributed by atoms with Crippen LogP contribution in [0, 0.1) is 0 Å². The molecule has 0 saturated heterocycles. The van der Waals surface area contributed by atoms with Crippen LogP contribution in [0.15, 0.2) is 60.8 Å². The highest BCUT2D eigenvalue weighted by Crippen LogP contribution is 2.19. The summed E-state index contributed by atoms with van der Waals surface area (Å²) in [5.41, 5.74) is 0. The first-order chi connectivity index (χ1) is 43.5. The summed E-state index contributed by atoms with van der Waals surface area (Å²) in [6.45, 7) is 4.87. The first-order valence-corrected chi connectivity index (χ1v) is 39.6. The molecule has 516 valence electrons. The molecule has 0 aliphatic heterocycles. The summed E-state index contributed by atoms with van der Waals surface area (Å²) in [7, 11) is 0. The first kappa shape index (κ1) is 85.6. The average molecular weight is 1230 g/mol. The number of aliphatic hydroxyl groups excluding tert-OH is 2. The molecule has 0 rings (SSSR count). The minimum Gasteiger partial charge on any atom is -0.466 e. The summed E-state index contributed by atoms with van der Waals surface area (Å²) in [6.07, 6.45) is 103. The molecule has 0 heterocycles. The number of allylic oxidation sites excluding steroid dienone is 9. The predicted octanol–water partition coefficient (Wildman–Crippen LogP) is 26.2. The highest BCUT2D eigenvalue weighted by molar-refractivity contribution is 5.76. The molecule has 0 aromatic rings. The van der Waals surface area contributed by atoms with E-state index in [2.05, 4.69) is 67.8 Å². The summed E-state index contributed by atoms with van der Waals surface area (Å²) in [5, 5.41) is 23.3. The Morgan fingerprint density at radius 3 is 0.909 bits per heavy atom. The van der Waals surface area contributed by atoms with Crippen molar-refractivity contribution in [3.05, 3.63) is 60.8 Å². The van der Waals surface area contributed by atoms with E-state index in [0.29, 0.717) is 19.4 Å². The van der Waals surface area contributed by atoms with Gasteiger partial charge >= 0.3 is 5.97 Å². The van der Waals surface area contributed by atoms with Crippen molar-refractivity contribution in [2.45, 2.75) is 437 Å². The molecule has 1 amide bonds. The number of ether oxygens (including phenoxy) is 1. The molecule has 0 saturated carbocycles. The zero-order chi connectivity index (χ0) is 63.5. The Kier molecular flexibility index (Phi) is 74.9. The van der Waals surface area contributed by atoms with E-state index in [9.17, 15) is 19.8 Å². The van der Waals surface area contributed by atoms with Gasteiger partial charge in [-0.25, -0.2) is 0 Å². The minimum absolute atomic E-state index is 0.00137. The Morgan fingerprint density at radius 1 is 0.318 bits per heavy atom. The summed E-state index contributed by atoms with van der Waals surface area (Å²) >= 11 is 0. The van der Waals surface area contributed by atoms with Crippen LogP contribution >= 0.6 is 0 Å². The predicted molar refractivity (Wildman–Crippen MR) is 389 cm³/mol. The molecule has 0 aliphatic rings. The maximum absolute atomic E-state index is 12.6. The lowest BCUT2D eigenvalue weighted by Gasteiger charge is -2.20. The van der Waals surface area contributed by atoms with Gasteiger partial charge < -0.3 is 20.3 Å². The van der Waals surface area contributed by atoms with Crippen LogP contribution in [-0.4, -0.2) is 47.4 Å². The van der Waals surface area contributed by atoms with Gasteiger partial charge in [-0.15, -0.1) is 0 Å². The lowest BCUT2D eigenvalue weighted by Crippen LogP contribution is -2.45. The number of esters is 1. The Hall–Kier alpha value is -2.44. The van der Waals surface area contributed by atoms with Crippen LogP contribution < -0.4 is 5.32 Å². The molecule has 2 atom stereocenters. The molecule has 0 fully saturated rings. The summed E-state index contributed by atoms with van der Waals surface area (Å²) in [6, 6.07) is -0.629. The zero-order valence-corrected chi connectivity index (χ0v) is 59.2. The molecule has 0 aromatic heterocycles. The van der Waals surface area contributed by atoms with Crippen molar-refractivity contribution in [2.75, 3.05) is 13.2 Å². The average Bonchev–Trinajstić information content (AvgIpc) is 3.54. The number of hydrogen-bond donors (Lipinski definition) is 3. The van der Waals surface area contributed by atoms with Crippen molar-refractivity contribution in [2.24, 2.45) is 0 Å². The monoisotopic (exact) mass is 1230 g/mol. The Morgan fingerprint density at radius 2 is 0.591 bits per heavy atom. The molecule has 88 heavy (non-hydrogen) atoms. The Labute approximate surface area is 549 Å². The second kappa shape index (κ2) is 77.0. The molecule has 6 nitrogen and oxygen atoms in total. The van der Waals surface area contributed by atoms with Crippen LogP contribution in [0.1, 0.15) is 425 Å². The number of carbonyl (C=O) groups is 2. The molecule has 0 aliphatic carbocycles. The molecule has 6 heteroatoms. The van der Waals surface area contributed by atoms with E-state index in [0.717, 1.165) is 57.8 Å². The fourth-order valence-corrected chi connectivity index (χ4v) is 12.2. The van der Waals surface area contributed by atoms with E-state index < -0.39 is 12.1 Å². The largest absolute Gasteiger partial charge is 0.466 e. The van der Waals surface area contributed by atoms with Crippen molar-refractivity contribution < 1.29 is 24.5 Å². The van der Waals surface area contributed by atoms with Gasteiger partial charge in [0.15, 0.2) is 0 Å². The van der Waals surface area contributed by atoms with E-state index in [4.69, 9.17) is 4.74 Å². The lowest BCUT2D eigenvalue weighted by atomic mass is 10.0. The normalized spacial score (nSPS) is 12.8. The third-order valence-electron chi connectivity index (χ3n) is 18.2. The molecule has 0 aromatic carbocycles. The van der Waals surface area contributed by atoms with Gasteiger partial charge in [0.2, 0.25) is 5.91 Å². The van der Waals surface area contributed by atoms with E-state index in [1.807, 2.05) is 6.08 Å². The number of unbranched alkanes of at least 4 members (excludes halogenated alkanes) is 55. The maximum Gasteiger partial charge on any atom is 0.305 e. The van der Waals surface area contributed by atoms with Crippen molar-refractivity contribution in [1.82, 2.24) is 5.32 Å². The van der Waals surface area contributed by atoms with Crippen LogP contribution in [0.4, 0.5) is 0 Å². The molecular weight excluding hydrogens is 1080 g/mol. The van der Waals surface area contributed by atoms with Crippen molar-refractivity contribution in [1.29, 1.82) is 0 Å². The van der Waals surface area contributed by atoms with Crippen LogP contribution in [0.3, 0.4) is 0 Å². The molecule has 0 bridgehead atoms. The number of aliphatic hydroxyl groups is 2. The number of nitrogens with one attached hydrogen (secondary N) is 1. The zero-order valence-electron chi connectivity index (χ0n) is 59.2. The highest BCUT2D eigenvalue weighted by atomic mass is 16.5. The summed E-state index contributed by atoms with van der Waals surface area (Å²) in [5.74, 6) is -0.0632. The third kappa shape index (κ3) is 72.6. The Balaban J connectivity index is 3.41. The van der Waals surface area contributed by atoms with Gasteiger partial charge in [0, 0.05) is 12.8 Å². The quantitative estimate of drug-likeness (QED) is 0.0320. The van der Waals surface area contributed by atoms with Crippen LogP contribution in [0.2, 0.25) is 0 Å². The van der Waals surface area contributed by atoms with Crippen LogP contribution in [-0.2, 0) is 14.3 Å². The maximum atomic E-state index is 12.6. The van der Waals surface area contributed by atoms with E-state index in [1.54, 1.807) is 6.08 Å². The van der Waals surface area contributed by atoms with Crippen LogP contribution in [0.5, 0.6) is 0 Å². The van der Waals surface area contributed by atoms with Gasteiger partial charge in [0.1, 0.15) is 0 Å². The number of rotatable bonds is 74. The molecule has 3 N–H and O–H groups in total. The number of hydrogen-bond acceptors (Lipinski definition) is 5. The van der Waals surface area contributed by atoms with Gasteiger partial charge in [-0.3, -0.25) is 9.59 Å². The second-order valence-electron chi connectivity index (χ2n) is 27.0. The molecule has 0 radical (unpaired) electrons. The van der Waals surface area contributed by atoms with Gasteiger partial charge in [0.05, 0.1) is 25.4 Å². The van der Waals surface area contributed by atoms with Crippen molar-refractivity contribution in [3.63, 3.8) is 0 Å². The van der Waals surface area contributed by atoms with E-state index in [-0.39, 0.29) is 18.5 Å². The minimum atomic E-state index is -0.846. The second-order valence-corrected chi connectivity index (χ2v) is 27.0. The van der Waals surface area contributed by atoms with E-state index in [1.165, 1.54) is 340 Å². The third-order valence-corrected chi connectivity index (χ3v) is 18.2. The van der Waals surface area contributed by atoms with Crippen molar-refractivity contribution >= 4 is 11.9 Å². The number of carbonyl (C=O) groups excluding carboxylic acids is 2. The molecule has 0 spiro atoms. The van der Waals surface area contributed by atoms with Gasteiger partial charge in [-0.2, -0.15) is 0 Å². The van der Waals surface area contributed by atoms with Crippen LogP contribution in [0.25, 0.3) is 0 Å². The lowest BCUT2D eigenvalue weighted by molar-refractivity contribution is -0.143. The number of amides is 1. The van der Waals surface area contributed by atoms with Crippen molar-refractivity contribution in [3.8, 4) is 0 Å². The molecule has 2 unspecified atom stereocenters. The van der Waals surface area contributed by atoms with E-state index >= 15 is 0 Å². The highest BCUT2D eigenvalue weighted by Gasteiger charge is 2.18. The standard InChI is InChI=1S/C82H153NO5/c1-3-5-7-9-11-13-15-17-18-19-20-21-22-32-35-38-41-44-47-51-54-58-62-66-70-74-80(85)79(78-84)83-81(86)75-71-67-63-59-55-52-48-45-42-39-36-33-30-28-26-24-23-25-27-29-31-34-37-40-43-46-49-53-57-61-65-69-73-77-88-82(87)76-72-68-64-60-56-50-16-14-12-10-8-6-4-2/h8,10,14,16,27,29,34,37,70,74,79-80,84-85H,3-7,9,11-13,15,17-26,28,30-33,35-36,38-69,71-73,75-78H2,1-2H3,(H,83,86)/b10-8-,16-14-,29-27-,37-34-,74-70+. The molecular formula is C82H153NO5. The van der Waals surface area contributed by atoms with Gasteiger partial charge in [-0.05, 0) is 89.9 Å². The van der Waals surface area contributed by atoms with Gasteiger partial charge in [-0.1, -0.05) is 383 Å². The summed E-state index contributed by atoms with van der Waals surface area (Å²) < 4.78 is 5.47. The SMILES string of the molecule is CCC/C=C\C/C=C\CCCCCCCC(=O)OCCCCCCCCCCC/C=C\C/C=C\CCCCCCCCCCCCCCCCCCCC(=O)NC(CO)C(O)/C=C/CCCCCCCCCCCCCCCCCCCCCCCCC. The fourth-order valence-electron chi connectivity index (χ4n) is 12.2. The van der Waals surface area contributed by atoms with Gasteiger partial charge in [0.25, 0.3) is 0 Å². The summed E-state index contributed by atoms with van der Waals surface area (Å²) in [4.78, 5) is 24.6. The Bertz CT molecular complexity index is 1520.